The summed E-state index contributed by atoms with van der Waals surface area (Å²) in [5, 5.41) is 14.5. The molecule has 2 heterocycles. The van der Waals surface area contributed by atoms with Crippen molar-refractivity contribution in [2.75, 3.05) is 26.4 Å². The first-order chi connectivity index (χ1) is 17.3. The van der Waals surface area contributed by atoms with E-state index in [0.717, 1.165) is 21.3 Å². The Labute approximate surface area is 213 Å². The number of carbonyl (C=O) groups is 1. The molecular weight excluding hydrogens is 481 g/mol. The van der Waals surface area contributed by atoms with E-state index in [9.17, 15) is 9.18 Å². The normalized spacial score (nSPS) is 11.4. The maximum absolute atomic E-state index is 14.8. The standard InChI is InChI=1S/C27H28FN3O4S/c1-27(2,3)35-26(32)29-13-14-33-15-16-34-24-19(10-7-11-21(24)28)23-25-20(12-17-36-25)22(30-31-23)18-8-5-4-6-9-18/h4-12,17H,13-16H2,1-3H3,(H,29,32). The topological polar surface area (TPSA) is 82.6 Å². The highest BCUT2D eigenvalue weighted by molar-refractivity contribution is 7.17. The van der Waals surface area contributed by atoms with Crippen molar-refractivity contribution < 1.29 is 23.4 Å². The molecule has 0 radical (unpaired) electrons. The number of benzene rings is 2. The van der Waals surface area contributed by atoms with Crippen LogP contribution in [0.5, 0.6) is 5.75 Å². The number of alkyl carbamates (subject to hydrolysis) is 1. The molecule has 188 valence electrons. The lowest BCUT2D eigenvalue weighted by molar-refractivity contribution is 0.0488. The van der Waals surface area contributed by atoms with E-state index in [1.165, 1.54) is 17.4 Å². The molecule has 0 aliphatic heterocycles. The number of aromatic nitrogens is 2. The molecule has 0 atom stereocenters. The molecule has 1 N–H and O–H groups in total. The Hall–Kier alpha value is -3.56. The molecule has 0 saturated carbocycles. The van der Waals surface area contributed by atoms with Crippen LogP contribution in [0.15, 0.2) is 60.0 Å². The van der Waals surface area contributed by atoms with E-state index in [2.05, 4.69) is 15.5 Å². The van der Waals surface area contributed by atoms with Crippen LogP contribution in [0.2, 0.25) is 0 Å². The van der Waals surface area contributed by atoms with Crippen molar-refractivity contribution >= 4 is 27.5 Å². The quantitative estimate of drug-likeness (QED) is 0.275. The average molecular weight is 510 g/mol. The zero-order valence-corrected chi connectivity index (χ0v) is 21.2. The number of fused-ring (bicyclic) bond motifs is 1. The maximum Gasteiger partial charge on any atom is 0.407 e. The van der Waals surface area contributed by atoms with Crippen LogP contribution in [0.25, 0.3) is 32.6 Å². The molecule has 0 saturated heterocycles. The third-order valence-corrected chi connectivity index (χ3v) is 5.96. The summed E-state index contributed by atoms with van der Waals surface area (Å²) in [6, 6.07) is 16.6. The lowest BCUT2D eigenvalue weighted by Gasteiger charge is -2.19. The first kappa shape index (κ1) is 25.5. The highest BCUT2D eigenvalue weighted by Gasteiger charge is 2.19. The predicted molar refractivity (Wildman–Crippen MR) is 139 cm³/mol. The number of nitrogens with zero attached hydrogens (tertiary/aromatic N) is 2. The van der Waals surface area contributed by atoms with Crippen molar-refractivity contribution in [1.82, 2.24) is 15.5 Å². The molecule has 36 heavy (non-hydrogen) atoms. The van der Waals surface area contributed by atoms with Gasteiger partial charge in [0.1, 0.15) is 23.6 Å². The zero-order chi connectivity index (χ0) is 25.5. The van der Waals surface area contributed by atoms with Crippen molar-refractivity contribution in [1.29, 1.82) is 0 Å². The van der Waals surface area contributed by atoms with Gasteiger partial charge in [0.2, 0.25) is 0 Å². The van der Waals surface area contributed by atoms with Crippen LogP contribution >= 0.6 is 11.3 Å². The van der Waals surface area contributed by atoms with Crippen LogP contribution < -0.4 is 10.1 Å². The Morgan fingerprint density at radius 2 is 1.75 bits per heavy atom. The molecule has 0 spiro atoms. The van der Waals surface area contributed by atoms with Gasteiger partial charge in [-0.25, -0.2) is 9.18 Å². The minimum absolute atomic E-state index is 0.101. The smallest absolute Gasteiger partial charge is 0.407 e. The second-order valence-electron chi connectivity index (χ2n) is 8.93. The van der Waals surface area contributed by atoms with E-state index in [1.54, 1.807) is 32.9 Å². The Bertz CT molecular complexity index is 1320. The van der Waals surface area contributed by atoms with E-state index in [4.69, 9.17) is 14.2 Å². The summed E-state index contributed by atoms with van der Waals surface area (Å²) in [4.78, 5) is 11.7. The SMILES string of the molecule is CC(C)(C)OC(=O)NCCOCCOc1c(F)cccc1-c1nnc(-c2ccccc2)c2ccsc12. The molecule has 0 bridgehead atoms. The largest absolute Gasteiger partial charge is 0.487 e. The van der Waals surface area contributed by atoms with Gasteiger partial charge in [0.25, 0.3) is 0 Å². The first-order valence-electron chi connectivity index (χ1n) is 11.6. The Morgan fingerprint density at radius 3 is 2.53 bits per heavy atom. The molecule has 9 heteroatoms. The molecule has 0 unspecified atom stereocenters. The summed E-state index contributed by atoms with van der Waals surface area (Å²) < 4.78 is 32.1. The lowest BCUT2D eigenvalue weighted by Crippen LogP contribution is -2.34. The van der Waals surface area contributed by atoms with Gasteiger partial charge in [0.15, 0.2) is 11.6 Å². The predicted octanol–water partition coefficient (Wildman–Crippen LogP) is 6.08. The number of nitrogens with one attached hydrogen (secondary N) is 1. The number of para-hydroxylation sites is 1. The van der Waals surface area contributed by atoms with E-state index in [1.807, 2.05) is 41.8 Å². The Morgan fingerprint density at radius 1 is 0.972 bits per heavy atom. The van der Waals surface area contributed by atoms with Gasteiger partial charge in [-0.15, -0.1) is 21.5 Å². The number of ether oxygens (including phenoxy) is 3. The Kier molecular flexibility index (Phi) is 8.12. The molecule has 0 aliphatic carbocycles. The molecular formula is C27H28FN3O4S. The summed E-state index contributed by atoms with van der Waals surface area (Å²) in [5.74, 6) is -0.387. The fourth-order valence-electron chi connectivity index (χ4n) is 3.55. The van der Waals surface area contributed by atoms with Gasteiger partial charge >= 0.3 is 6.09 Å². The summed E-state index contributed by atoms with van der Waals surface area (Å²) in [7, 11) is 0. The van der Waals surface area contributed by atoms with Gasteiger partial charge in [-0.2, -0.15) is 0 Å². The van der Waals surface area contributed by atoms with Crippen LogP contribution in [0.4, 0.5) is 9.18 Å². The van der Waals surface area contributed by atoms with Crippen molar-refractivity contribution in [3.8, 4) is 28.3 Å². The molecule has 1 amide bonds. The van der Waals surface area contributed by atoms with Crippen LogP contribution in [-0.2, 0) is 9.47 Å². The third kappa shape index (κ3) is 6.35. The Balaban J connectivity index is 1.41. The molecule has 0 fully saturated rings. The van der Waals surface area contributed by atoms with Crippen LogP contribution in [0.1, 0.15) is 20.8 Å². The van der Waals surface area contributed by atoms with Gasteiger partial charge in [-0.05, 0) is 44.4 Å². The van der Waals surface area contributed by atoms with Gasteiger partial charge in [-0.3, -0.25) is 0 Å². The van der Waals surface area contributed by atoms with Crippen molar-refractivity contribution in [3.63, 3.8) is 0 Å². The number of carbonyl (C=O) groups excluding carboxylic acids is 1. The fourth-order valence-corrected chi connectivity index (χ4v) is 4.44. The van der Waals surface area contributed by atoms with Gasteiger partial charge in [0, 0.05) is 23.1 Å². The molecule has 0 aliphatic rings. The summed E-state index contributed by atoms with van der Waals surface area (Å²) in [6.07, 6.45) is -0.502. The van der Waals surface area contributed by atoms with Crippen molar-refractivity contribution in [2.45, 2.75) is 26.4 Å². The minimum atomic E-state index is -0.558. The fraction of sp³-hybridized carbons (Fsp3) is 0.296. The number of hydrogen-bond donors (Lipinski definition) is 1. The highest BCUT2D eigenvalue weighted by atomic mass is 32.1. The van der Waals surface area contributed by atoms with Gasteiger partial charge in [-0.1, -0.05) is 36.4 Å². The van der Waals surface area contributed by atoms with Crippen LogP contribution in [0.3, 0.4) is 0 Å². The first-order valence-corrected chi connectivity index (χ1v) is 12.5. The molecule has 7 nitrogen and oxygen atoms in total. The molecule has 2 aromatic heterocycles. The second-order valence-corrected chi connectivity index (χ2v) is 9.85. The summed E-state index contributed by atoms with van der Waals surface area (Å²) in [6.45, 7) is 6.30. The lowest BCUT2D eigenvalue weighted by atomic mass is 10.1. The molecule has 4 rings (SSSR count). The van der Waals surface area contributed by atoms with Gasteiger partial charge < -0.3 is 19.5 Å². The van der Waals surface area contributed by atoms with E-state index in [0.29, 0.717) is 17.8 Å². The highest BCUT2D eigenvalue weighted by Crippen LogP contribution is 2.39. The number of thiophene rings is 1. The van der Waals surface area contributed by atoms with Crippen LogP contribution in [-0.4, -0.2) is 48.3 Å². The second kappa shape index (κ2) is 11.5. The minimum Gasteiger partial charge on any atom is -0.487 e. The molecule has 2 aromatic carbocycles. The van der Waals surface area contributed by atoms with Crippen molar-refractivity contribution in [2.24, 2.45) is 0 Å². The third-order valence-electron chi connectivity index (χ3n) is 5.04. The maximum atomic E-state index is 14.8. The summed E-state index contributed by atoms with van der Waals surface area (Å²) >= 11 is 1.53. The average Bonchev–Trinajstić information content (AvgIpc) is 3.33. The summed E-state index contributed by atoms with van der Waals surface area (Å²) in [5.41, 5.74) is 2.28. The number of hydrogen-bond acceptors (Lipinski definition) is 7. The van der Waals surface area contributed by atoms with E-state index in [-0.39, 0.29) is 25.6 Å². The monoisotopic (exact) mass is 509 g/mol. The van der Waals surface area contributed by atoms with Crippen LogP contribution in [0, 0.1) is 5.82 Å². The van der Waals surface area contributed by atoms with E-state index >= 15 is 0 Å². The zero-order valence-electron chi connectivity index (χ0n) is 20.4. The number of amides is 1. The molecule has 4 aromatic rings. The van der Waals surface area contributed by atoms with Crippen molar-refractivity contribution in [3.05, 3.63) is 65.8 Å². The number of halogens is 1. The van der Waals surface area contributed by atoms with Gasteiger partial charge in [0.05, 0.1) is 17.9 Å². The van der Waals surface area contributed by atoms with E-state index < -0.39 is 17.5 Å². The number of rotatable bonds is 9.